The molecule has 0 aliphatic carbocycles. The lowest BCUT2D eigenvalue weighted by atomic mass is 9.89. The zero-order chi connectivity index (χ0) is 29.3. The molecule has 42 heavy (non-hydrogen) atoms. The summed E-state index contributed by atoms with van der Waals surface area (Å²) in [4.78, 5) is 23.2. The number of carbonyl (C=O) groups excluding carboxylic acids is 1. The summed E-state index contributed by atoms with van der Waals surface area (Å²) >= 11 is 1.66. The van der Waals surface area contributed by atoms with Crippen LogP contribution in [0, 0.1) is 0 Å². The van der Waals surface area contributed by atoms with E-state index in [0.29, 0.717) is 12.3 Å². The van der Waals surface area contributed by atoms with Crippen molar-refractivity contribution in [1.82, 2.24) is 10.1 Å². The maximum atomic E-state index is 12.5. The minimum absolute atomic E-state index is 0.00763. The fourth-order valence-corrected chi connectivity index (χ4v) is 6.01. The number of amidine groups is 1. The van der Waals surface area contributed by atoms with Crippen LogP contribution >= 0.6 is 11.8 Å². The van der Waals surface area contributed by atoms with E-state index in [1.165, 1.54) is 6.07 Å². The molecular formula is C29H34N6O6S. The zero-order valence-electron chi connectivity index (χ0n) is 23.4. The van der Waals surface area contributed by atoms with E-state index < -0.39 is 17.7 Å². The number of aliphatic hydroxyl groups excluding tert-OH is 1. The van der Waals surface area contributed by atoms with Gasteiger partial charge in [0.2, 0.25) is 0 Å². The number of thioether (sulfide) groups is 1. The Kier molecular flexibility index (Phi) is 8.10. The summed E-state index contributed by atoms with van der Waals surface area (Å²) in [6.07, 6.45) is -1.64. The molecule has 0 bridgehead atoms. The van der Waals surface area contributed by atoms with Crippen molar-refractivity contribution in [3.8, 4) is 5.75 Å². The zero-order valence-corrected chi connectivity index (χ0v) is 24.3. The van der Waals surface area contributed by atoms with Gasteiger partial charge in [0, 0.05) is 36.3 Å². The van der Waals surface area contributed by atoms with Gasteiger partial charge in [-0.2, -0.15) is 0 Å². The average molecular weight is 595 g/mol. The van der Waals surface area contributed by atoms with Gasteiger partial charge in [-0.25, -0.2) is 4.79 Å². The number of morpholine rings is 1. The van der Waals surface area contributed by atoms with E-state index in [-0.39, 0.29) is 17.6 Å². The molecule has 1 atom stereocenters. The number of nitrogens with one attached hydrogen (secondary N) is 2. The second-order valence-corrected chi connectivity index (χ2v) is 12.0. The molecule has 12 nitrogen and oxygen atoms in total. The number of benzene rings is 2. The minimum Gasteiger partial charge on any atom is -0.492 e. The minimum atomic E-state index is -1.64. The Labute approximate surface area is 247 Å². The van der Waals surface area contributed by atoms with E-state index in [4.69, 9.17) is 19.0 Å². The Balaban J connectivity index is 1.01. The second kappa shape index (κ2) is 11.9. The predicted octanol–water partition coefficient (Wildman–Crippen LogP) is 3.64. The maximum Gasteiger partial charge on any atom is 0.324 e. The lowest BCUT2D eigenvalue weighted by molar-refractivity contribution is -0.0956. The molecule has 2 amide bonds. The van der Waals surface area contributed by atoms with Crippen LogP contribution in [0.25, 0.3) is 0 Å². The van der Waals surface area contributed by atoms with Crippen LogP contribution in [-0.4, -0.2) is 83.8 Å². The molecule has 3 aromatic rings. The lowest BCUT2D eigenvalue weighted by Gasteiger charge is -2.26. The molecule has 0 spiro atoms. The smallest absolute Gasteiger partial charge is 0.324 e. The molecule has 1 saturated heterocycles. The molecule has 0 saturated carbocycles. The number of aliphatic imine (C=N–C) groups is 1. The fourth-order valence-electron chi connectivity index (χ4n) is 4.89. The number of hydrogen-bond donors (Lipinski definition) is 4. The van der Waals surface area contributed by atoms with E-state index in [2.05, 4.69) is 37.7 Å². The molecule has 4 heterocycles. The monoisotopic (exact) mass is 594 g/mol. The molecule has 0 radical (unpaired) electrons. The average Bonchev–Trinajstić information content (AvgIpc) is 3.69. The number of carbonyl (C=O) groups is 1. The van der Waals surface area contributed by atoms with E-state index in [1.807, 2.05) is 30.3 Å². The molecule has 222 valence electrons. The Morgan fingerprint density at radius 1 is 1.14 bits per heavy atom. The Morgan fingerprint density at radius 2 is 1.93 bits per heavy atom. The summed E-state index contributed by atoms with van der Waals surface area (Å²) in [5.41, 5.74) is 1.74. The van der Waals surface area contributed by atoms with E-state index in [9.17, 15) is 15.0 Å². The van der Waals surface area contributed by atoms with Crippen LogP contribution in [0.2, 0.25) is 0 Å². The largest absolute Gasteiger partial charge is 0.492 e. The molecule has 1 fully saturated rings. The predicted molar refractivity (Wildman–Crippen MR) is 159 cm³/mol. The first-order chi connectivity index (χ1) is 20.3. The third kappa shape index (κ3) is 6.10. The third-order valence-electron chi connectivity index (χ3n) is 7.64. The Morgan fingerprint density at radius 3 is 2.69 bits per heavy atom. The van der Waals surface area contributed by atoms with Crippen molar-refractivity contribution in [2.45, 2.75) is 36.5 Å². The van der Waals surface area contributed by atoms with Crippen molar-refractivity contribution < 1.29 is 29.0 Å². The van der Waals surface area contributed by atoms with Gasteiger partial charge < -0.3 is 34.4 Å². The van der Waals surface area contributed by atoms with Crippen molar-refractivity contribution in [2.24, 2.45) is 4.99 Å². The number of rotatable bonds is 9. The molecule has 6 rings (SSSR count). The highest BCUT2D eigenvalue weighted by Gasteiger charge is 2.35. The molecule has 3 aliphatic rings. The van der Waals surface area contributed by atoms with Gasteiger partial charge in [-0.15, -0.1) is 0 Å². The Hall–Kier alpha value is -3.62. The van der Waals surface area contributed by atoms with Gasteiger partial charge in [0.1, 0.15) is 18.1 Å². The van der Waals surface area contributed by atoms with E-state index in [1.54, 1.807) is 25.6 Å². The number of amides is 2. The first kappa shape index (κ1) is 28.5. The molecule has 13 heteroatoms. The van der Waals surface area contributed by atoms with Crippen molar-refractivity contribution in [1.29, 1.82) is 0 Å². The number of aromatic nitrogens is 1. The summed E-state index contributed by atoms with van der Waals surface area (Å²) in [6, 6.07) is 14.8. The first-order valence-electron chi connectivity index (χ1n) is 13.9. The SMILES string of the molecule is CC(C)(c1cc(NC(=O)Nc2ccc(C3CN4C(=N3)Sc3cc(OCCN5CCOCC5)ccc34)cc2)no1)C(O)O. The Bertz CT molecular complexity index is 1450. The second-order valence-electron chi connectivity index (χ2n) is 10.9. The third-order valence-corrected chi connectivity index (χ3v) is 8.70. The number of nitrogens with zero attached hydrogens (tertiary/aromatic N) is 4. The molecule has 4 N–H and O–H groups in total. The highest BCUT2D eigenvalue weighted by Crippen LogP contribution is 2.46. The van der Waals surface area contributed by atoms with Crippen molar-refractivity contribution in [2.75, 3.05) is 61.5 Å². The normalized spacial score (nSPS) is 18.5. The molecular weight excluding hydrogens is 560 g/mol. The molecule has 1 aromatic heterocycles. The topological polar surface area (TPSA) is 145 Å². The summed E-state index contributed by atoms with van der Waals surface area (Å²) in [6.45, 7) is 8.97. The molecule has 3 aliphatic heterocycles. The van der Waals surface area contributed by atoms with Crippen LogP contribution in [0.3, 0.4) is 0 Å². The van der Waals surface area contributed by atoms with Crippen molar-refractivity contribution in [3.05, 3.63) is 59.9 Å². The van der Waals surface area contributed by atoms with Gasteiger partial charge in [0.05, 0.1) is 36.9 Å². The number of hydrogen-bond acceptors (Lipinski definition) is 11. The van der Waals surface area contributed by atoms with Gasteiger partial charge in [-0.1, -0.05) is 17.3 Å². The highest BCUT2D eigenvalue weighted by molar-refractivity contribution is 8.14. The fraction of sp³-hybridized carbons (Fsp3) is 0.414. The summed E-state index contributed by atoms with van der Waals surface area (Å²) < 4.78 is 16.6. The number of urea groups is 1. The maximum absolute atomic E-state index is 12.5. The van der Waals surface area contributed by atoms with Gasteiger partial charge in [0.25, 0.3) is 0 Å². The van der Waals surface area contributed by atoms with Crippen molar-refractivity contribution >= 4 is 40.2 Å². The van der Waals surface area contributed by atoms with E-state index in [0.717, 1.165) is 66.5 Å². The van der Waals surface area contributed by atoms with Crippen LogP contribution in [0.4, 0.5) is 22.0 Å². The summed E-state index contributed by atoms with van der Waals surface area (Å²) in [7, 11) is 0. The summed E-state index contributed by atoms with van der Waals surface area (Å²) in [5.74, 6) is 1.28. The van der Waals surface area contributed by atoms with Crippen molar-refractivity contribution in [3.63, 3.8) is 0 Å². The quantitative estimate of drug-likeness (QED) is 0.271. The van der Waals surface area contributed by atoms with E-state index >= 15 is 0 Å². The van der Waals surface area contributed by atoms with Crippen LogP contribution in [0.5, 0.6) is 5.75 Å². The first-order valence-corrected chi connectivity index (χ1v) is 14.7. The number of fused-ring (bicyclic) bond motifs is 3. The highest BCUT2D eigenvalue weighted by atomic mass is 32.2. The molecule has 1 unspecified atom stereocenters. The number of aliphatic hydroxyl groups is 2. The van der Waals surface area contributed by atoms with Gasteiger partial charge >= 0.3 is 6.03 Å². The lowest BCUT2D eigenvalue weighted by Crippen LogP contribution is -2.38. The van der Waals surface area contributed by atoms with Crippen LogP contribution in [-0.2, 0) is 10.2 Å². The standard InChI is InChI=1S/C29H34N6O6S/c1-29(2,26(36)37)24-16-25(33-41-24)32-27(38)30-19-5-3-18(4-6-19)21-17-35-22-8-7-20(15-23(22)42-28(35)31-21)40-14-11-34-9-12-39-13-10-34/h3-8,15-16,21,26,36-37H,9-14,17H2,1-2H3,(H2,30,32,33,38). The van der Waals surface area contributed by atoms with Gasteiger partial charge in [0.15, 0.2) is 17.3 Å². The molecule has 2 aromatic carbocycles. The number of anilines is 3. The number of ether oxygens (including phenoxy) is 2. The van der Waals surface area contributed by atoms with Crippen LogP contribution in [0.1, 0.15) is 31.2 Å². The summed E-state index contributed by atoms with van der Waals surface area (Å²) in [5, 5.41) is 29.2. The van der Waals surface area contributed by atoms with Crippen LogP contribution in [0.15, 0.2) is 62.9 Å². The van der Waals surface area contributed by atoms with Gasteiger partial charge in [-0.3, -0.25) is 15.2 Å². The van der Waals surface area contributed by atoms with Crippen LogP contribution < -0.4 is 20.3 Å². The van der Waals surface area contributed by atoms with Gasteiger partial charge in [-0.05, 0) is 61.5 Å².